The zero-order valence-corrected chi connectivity index (χ0v) is 13.8. The van der Waals surface area contributed by atoms with Crippen LogP contribution in [0.5, 0.6) is 0 Å². The van der Waals surface area contributed by atoms with E-state index >= 15 is 0 Å². The van der Waals surface area contributed by atoms with Gasteiger partial charge in [0.15, 0.2) is 0 Å². The van der Waals surface area contributed by atoms with E-state index < -0.39 is 0 Å². The smallest absolute Gasteiger partial charge is 0.0339 e. The van der Waals surface area contributed by atoms with Crippen LogP contribution in [0, 0.1) is 16.7 Å². The second-order valence-corrected chi connectivity index (χ2v) is 8.97. The second-order valence-electron chi connectivity index (χ2n) is 8.97. The summed E-state index contributed by atoms with van der Waals surface area (Å²) in [5.41, 5.74) is 7.47. The molecule has 0 spiro atoms. The van der Waals surface area contributed by atoms with E-state index in [0.29, 0.717) is 10.8 Å². The monoisotopic (exact) mass is 266 g/mol. The number of nitrogens with zero attached hydrogens (tertiary/aromatic N) is 1. The SMILES string of the molecule is CC1CC(C)(C)CC(CN)(N2CCCC(C)(C)C2)C1. The number of piperidine rings is 1. The Hall–Kier alpha value is -0.0800. The van der Waals surface area contributed by atoms with Crippen molar-refractivity contribution < 1.29 is 0 Å². The fourth-order valence-electron chi connectivity index (χ4n) is 5.05. The van der Waals surface area contributed by atoms with Gasteiger partial charge in [0.2, 0.25) is 0 Å². The summed E-state index contributed by atoms with van der Waals surface area (Å²) >= 11 is 0. The van der Waals surface area contributed by atoms with Gasteiger partial charge in [-0.1, -0.05) is 34.6 Å². The molecule has 2 N–H and O–H groups in total. The average molecular weight is 266 g/mol. The lowest BCUT2D eigenvalue weighted by Crippen LogP contribution is -2.62. The van der Waals surface area contributed by atoms with Gasteiger partial charge in [0.1, 0.15) is 0 Å². The molecule has 0 bridgehead atoms. The average Bonchev–Trinajstić information content (AvgIpc) is 2.24. The lowest BCUT2D eigenvalue weighted by molar-refractivity contribution is -0.0472. The predicted molar refractivity (Wildman–Crippen MR) is 83.2 cm³/mol. The molecule has 112 valence electrons. The first-order valence-electron chi connectivity index (χ1n) is 8.13. The van der Waals surface area contributed by atoms with Crippen LogP contribution in [0.2, 0.25) is 0 Å². The number of rotatable bonds is 2. The largest absolute Gasteiger partial charge is 0.329 e. The first-order valence-corrected chi connectivity index (χ1v) is 8.13. The van der Waals surface area contributed by atoms with Crippen molar-refractivity contribution in [1.82, 2.24) is 4.90 Å². The lowest BCUT2D eigenvalue weighted by atomic mass is 9.63. The van der Waals surface area contributed by atoms with Gasteiger partial charge in [-0.3, -0.25) is 4.90 Å². The van der Waals surface area contributed by atoms with Gasteiger partial charge in [-0.25, -0.2) is 0 Å². The third kappa shape index (κ3) is 3.33. The summed E-state index contributed by atoms with van der Waals surface area (Å²) in [7, 11) is 0. The second kappa shape index (κ2) is 5.04. The molecule has 1 saturated carbocycles. The van der Waals surface area contributed by atoms with E-state index in [9.17, 15) is 0 Å². The fourth-order valence-corrected chi connectivity index (χ4v) is 5.05. The van der Waals surface area contributed by atoms with Crippen LogP contribution in [-0.4, -0.2) is 30.1 Å². The first-order chi connectivity index (χ1) is 8.68. The van der Waals surface area contributed by atoms with Gasteiger partial charge >= 0.3 is 0 Å². The van der Waals surface area contributed by atoms with Crippen molar-refractivity contribution in [3.8, 4) is 0 Å². The molecule has 2 heteroatoms. The number of hydrogen-bond acceptors (Lipinski definition) is 2. The molecule has 1 aliphatic heterocycles. The van der Waals surface area contributed by atoms with E-state index in [0.717, 1.165) is 12.5 Å². The molecule has 0 aromatic rings. The molecule has 0 amide bonds. The molecule has 2 atom stereocenters. The van der Waals surface area contributed by atoms with Crippen molar-refractivity contribution in [2.24, 2.45) is 22.5 Å². The highest BCUT2D eigenvalue weighted by Crippen LogP contribution is 2.48. The van der Waals surface area contributed by atoms with Gasteiger partial charge in [-0.05, 0) is 55.4 Å². The molecule has 2 fully saturated rings. The van der Waals surface area contributed by atoms with Crippen LogP contribution in [0.3, 0.4) is 0 Å². The van der Waals surface area contributed by atoms with Crippen LogP contribution in [0.15, 0.2) is 0 Å². The molecule has 1 saturated heterocycles. The Kier molecular flexibility index (Phi) is 4.06. The molecule has 0 radical (unpaired) electrons. The minimum Gasteiger partial charge on any atom is -0.329 e. The molecule has 2 rings (SSSR count). The maximum Gasteiger partial charge on any atom is 0.0339 e. The quantitative estimate of drug-likeness (QED) is 0.826. The Morgan fingerprint density at radius 1 is 1.11 bits per heavy atom. The molecule has 2 aliphatic rings. The third-order valence-electron chi connectivity index (χ3n) is 5.39. The van der Waals surface area contributed by atoms with E-state index in [-0.39, 0.29) is 5.54 Å². The van der Waals surface area contributed by atoms with Crippen LogP contribution in [-0.2, 0) is 0 Å². The Morgan fingerprint density at radius 3 is 2.32 bits per heavy atom. The van der Waals surface area contributed by atoms with Crippen molar-refractivity contribution in [2.75, 3.05) is 19.6 Å². The Bertz CT molecular complexity index is 321. The highest BCUT2D eigenvalue weighted by molar-refractivity contribution is 5.03. The summed E-state index contributed by atoms with van der Waals surface area (Å²) in [6.45, 7) is 15.4. The molecule has 1 aliphatic carbocycles. The van der Waals surface area contributed by atoms with Crippen LogP contribution in [0.1, 0.15) is 66.7 Å². The van der Waals surface area contributed by atoms with Gasteiger partial charge in [-0.2, -0.15) is 0 Å². The zero-order chi connectivity index (χ0) is 14.3. The number of hydrogen-bond donors (Lipinski definition) is 1. The molecule has 2 nitrogen and oxygen atoms in total. The van der Waals surface area contributed by atoms with Crippen molar-refractivity contribution in [1.29, 1.82) is 0 Å². The van der Waals surface area contributed by atoms with Gasteiger partial charge in [0.05, 0.1) is 0 Å². The van der Waals surface area contributed by atoms with E-state index in [1.165, 1.54) is 45.2 Å². The lowest BCUT2D eigenvalue weighted by Gasteiger charge is -2.56. The normalized spacial score (nSPS) is 39.2. The topological polar surface area (TPSA) is 29.3 Å². The van der Waals surface area contributed by atoms with E-state index in [1.807, 2.05) is 0 Å². The number of likely N-dealkylation sites (tertiary alicyclic amines) is 1. The Morgan fingerprint density at radius 2 is 1.79 bits per heavy atom. The van der Waals surface area contributed by atoms with Crippen LogP contribution in [0.4, 0.5) is 0 Å². The zero-order valence-electron chi connectivity index (χ0n) is 13.8. The molecule has 1 heterocycles. The van der Waals surface area contributed by atoms with E-state index in [4.69, 9.17) is 5.73 Å². The Labute approximate surface area is 120 Å². The summed E-state index contributed by atoms with van der Waals surface area (Å²) in [6, 6.07) is 0. The van der Waals surface area contributed by atoms with Crippen LogP contribution >= 0.6 is 0 Å². The van der Waals surface area contributed by atoms with Crippen molar-refractivity contribution in [3.05, 3.63) is 0 Å². The maximum atomic E-state index is 6.30. The molecular weight excluding hydrogens is 232 g/mol. The van der Waals surface area contributed by atoms with Gasteiger partial charge in [0.25, 0.3) is 0 Å². The maximum absolute atomic E-state index is 6.30. The minimum atomic E-state index is 0.263. The molecule has 19 heavy (non-hydrogen) atoms. The minimum absolute atomic E-state index is 0.263. The van der Waals surface area contributed by atoms with Gasteiger partial charge in [-0.15, -0.1) is 0 Å². The molecule has 2 unspecified atom stereocenters. The van der Waals surface area contributed by atoms with Crippen LogP contribution in [0.25, 0.3) is 0 Å². The van der Waals surface area contributed by atoms with Crippen LogP contribution < -0.4 is 5.73 Å². The van der Waals surface area contributed by atoms with E-state index in [1.54, 1.807) is 0 Å². The summed E-state index contributed by atoms with van der Waals surface area (Å²) in [4.78, 5) is 2.76. The summed E-state index contributed by atoms with van der Waals surface area (Å²) in [6.07, 6.45) is 6.62. The van der Waals surface area contributed by atoms with Crippen molar-refractivity contribution >= 4 is 0 Å². The summed E-state index contributed by atoms with van der Waals surface area (Å²) < 4.78 is 0. The molecule has 0 aromatic carbocycles. The number of nitrogens with two attached hydrogens (primary N) is 1. The fraction of sp³-hybridized carbons (Fsp3) is 1.00. The van der Waals surface area contributed by atoms with Gasteiger partial charge < -0.3 is 5.73 Å². The summed E-state index contributed by atoms with van der Waals surface area (Å²) in [5, 5.41) is 0. The molecule has 0 aromatic heterocycles. The highest BCUT2D eigenvalue weighted by atomic mass is 15.2. The highest BCUT2D eigenvalue weighted by Gasteiger charge is 2.47. The van der Waals surface area contributed by atoms with Gasteiger partial charge in [0, 0.05) is 18.6 Å². The van der Waals surface area contributed by atoms with Crippen molar-refractivity contribution in [3.63, 3.8) is 0 Å². The van der Waals surface area contributed by atoms with E-state index in [2.05, 4.69) is 39.5 Å². The third-order valence-corrected chi connectivity index (χ3v) is 5.39. The summed E-state index contributed by atoms with van der Waals surface area (Å²) in [5.74, 6) is 0.803. The van der Waals surface area contributed by atoms with Crippen molar-refractivity contribution in [2.45, 2.75) is 72.3 Å². The first kappa shape index (κ1) is 15.3. The standard InChI is InChI=1S/C17H34N2/c1-14-9-16(4,5)11-17(10-14,12-18)19-8-6-7-15(2,3)13-19/h14H,6-13,18H2,1-5H3. The predicted octanol–water partition coefficient (Wildman–Crippen LogP) is 3.65. The molecular formula is C17H34N2. The Balaban J connectivity index is 2.21.